The Morgan fingerprint density at radius 1 is 1.18 bits per heavy atom. The van der Waals surface area contributed by atoms with Gasteiger partial charge >= 0.3 is 0 Å². The van der Waals surface area contributed by atoms with Crippen LogP contribution in [0.2, 0.25) is 0 Å². The van der Waals surface area contributed by atoms with E-state index in [2.05, 4.69) is 35.9 Å². The summed E-state index contributed by atoms with van der Waals surface area (Å²) in [7, 11) is -3.47. The lowest BCUT2D eigenvalue weighted by Crippen LogP contribution is -2.09. The molecular formula is C24H28N6O2S. The maximum atomic E-state index is 12.5. The maximum absolute atomic E-state index is 12.5. The van der Waals surface area contributed by atoms with Crippen molar-refractivity contribution in [2.24, 2.45) is 16.2 Å². The Labute approximate surface area is 193 Å². The molecule has 1 fully saturated rings. The Balaban J connectivity index is 1.29. The summed E-state index contributed by atoms with van der Waals surface area (Å²) in [6.07, 6.45) is 9.28. The molecule has 1 aliphatic rings. The lowest BCUT2D eigenvalue weighted by atomic mass is 9.93. The van der Waals surface area contributed by atoms with Gasteiger partial charge in [-0.25, -0.2) is 13.4 Å². The van der Waals surface area contributed by atoms with Gasteiger partial charge in [0.1, 0.15) is 5.82 Å². The van der Waals surface area contributed by atoms with E-state index in [9.17, 15) is 8.42 Å². The molecule has 0 bridgehead atoms. The predicted molar refractivity (Wildman–Crippen MR) is 129 cm³/mol. The van der Waals surface area contributed by atoms with Crippen LogP contribution in [0.4, 0.5) is 0 Å². The van der Waals surface area contributed by atoms with Crippen LogP contribution in [-0.2, 0) is 16.4 Å². The van der Waals surface area contributed by atoms with Crippen LogP contribution < -0.4 is 0 Å². The maximum Gasteiger partial charge on any atom is 0.252 e. The van der Waals surface area contributed by atoms with Crippen molar-refractivity contribution < 1.29 is 8.42 Å². The summed E-state index contributed by atoms with van der Waals surface area (Å²) >= 11 is 0. The van der Waals surface area contributed by atoms with Crippen molar-refractivity contribution in [3.8, 4) is 0 Å². The van der Waals surface area contributed by atoms with Gasteiger partial charge in [0.2, 0.25) is 0 Å². The van der Waals surface area contributed by atoms with Crippen LogP contribution in [0.15, 0.2) is 53.2 Å². The van der Waals surface area contributed by atoms with E-state index in [1.807, 2.05) is 42.6 Å². The van der Waals surface area contributed by atoms with Gasteiger partial charge in [-0.3, -0.25) is 4.40 Å². The summed E-state index contributed by atoms with van der Waals surface area (Å²) in [4.78, 5) is 7.54. The molecule has 1 aromatic carbocycles. The van der Waals surface area contributed by atoms with E-state index in [0.29, 0.717) is 12.3 Å². The summed E-state index contributed by atoms with van der Waals surface area (Å²) in [5, 5.41) is 8.85. The second-order valence-electron chi connectivity index (χ2n) is 8.86. The molecular weight excluding hydrogens is 436 g/mol. The zero-order valence-corrected chi connectivity index (χ0v) is 19.4. The summed E-state index contributed by atoms with van der Waals surface area (Å²) < 4.78 is 31.1. The average Bonchev–Trinajstić information content (AvgIpc) is 3.55. The summed E-state index contributed by atoms with van der Waals surface area (Å²) in [5.41, 5.74) is 3.63. The van der Waals surface area contributed by atoms with Gasteiger partial charge in [0.05, 0.1) is 17.5 Å². The number of hydrogen-bond acceptors (Lipinski definition) is 5. The first-order valence-corrected chi connectivity index (χ1v) is 13.1. The zero-order valence-electron chi connectivity index (χ0n) is 18.6. The van der Waals surface area contributed by atoms with Crippen LogP contribution in [0.25, 0.3) is 16.8 Å². The molecule has 33 heavy (non-hydrogen) atoms. The molecule has 1 unspecified atom stereocenters. The fourth-order valence-electron chi connectivity index (χ4n) is 5.03. The zero-order chi connectivity index (χ0) is 22.8. The number of H-pyrrole nitrogens is 1. The minimum atomic E-state index is -3.47. The highest BCUT2D eigenvalue weighted by Gasteiger charge is 2.36. The Bertz CT molecular complexity index is 1380. The number of sulfonamides is 1. The van der Waals surface area contributed by atoms with Crippen LogP contribution in [0, 0.1) is 11.8 Å². The molecule has 1 N–H and O–H groups in total. The van der Waals surface area contributed by atoms with Crippen LogP contribution in [0.3, 0.4) is 0 Å². The van der Waals surface area contributed by atoms with E-state index in [1.54, 1.807) is 12.4 Å². The first-order chi connectivity index (χ1) is 16.0. The third-order valence-corrected chi connectivity index (χ3v) is 7.94. The van der Waals surface area contributed by atoms with E-state index in [-0.39, 0.29) is 17.6 Å². The first kappa shape index (κ1) is 21.8. The number of nitrogens with zero attached hydrogens (tertiary/aromatic N) is 5. The van der Waals surface area contributed by atoms with Gasteiger partial charge in [-0.2, -0.15) is 4.40 Å². The van der Waals surface area contributed by atoms with E-state index < -0.39 is 10.0 Å². The molecule has 8 nitrogen and oxygen atoms in total. The second kappa shape index (κ2) is 9.05. The summed E-state index contributed by atoms with van der Waals surface area (Å²) in [5.74, 6) is 1.70. The fraction of sp³-hybridized carbons (Fsp3) is 0.417. The lowest BCUT2D eigenvalue weighted by Gasteiger charge is -2.16. The van der Waals surface area contributed by atoms with Crippen molar-refractivity contribution in [2.75, 3.05) is 5.75 Å². The molecule has 0 aliphatic heterocycles. The predicted octanol–water partition coefficient (Wildman–Crippen LogP) is 4.16. The molecule has 3 atom stereocenters. The molecule has 0 saturated heterocycles. The summed E-state index contributed by atoms with van der Waals surface area (Å²) in [6, 6.07) is 11.9. The number of aryl methyl sites for hydroxylation is 1. The Morgan fingerprint density at radius 3 is 2.85 bits per heavy atom. The van der Waals surface area contributed by atoms with E-state index in [0.717, 1.165) is 53.9 Å². The van der Waals surface area contributed by atoms with Crippen molar-refractivity contribution in [3.63, 3.8) is 0 Å². The van der Waals surface area contributed by atoms with E-state index >= 15 is 0 Å². The van der Waals surface area contributed by atoms with Crippen molar-refractivity contribution in [3.05, 3.63) is 60.2 Å². The molecule has 3 heterocycles. The van der Waals surface area contributed by atoms with Crippen LogP contribution in [0.5, 0.6) is 0 Å². The smallest absolute Gasteiger partial charge is 0.252 e. The molecule has 4 aromatic rings. The highest BCUT2D eigenvalue weighted by atomic mass is 32.2. The molecule has 1 saturated carbocycles. The molecule has 0 spiro atoms. The van der Waals surface area contributed by atoms with Gasteiger partial charge in [0, 0.05) is 18.3 Å². The van der Waals surface area contributed by atoms with Crippen molar-refractivity contribution in [2.45, 2.75) is 44.9 Å². The first-order valence-electron chi connectivity index (χ1n) is 11.5. The van der Waals surface area contributed by atoms with Crippen LogP contribution in [-0.4, -0.2) is 45.0 Å². The molecule has 5 rings (SSSR count). The molecule has 1 aliphatic carbocycles. The Kier molecular flexibility index (Phi) is 5.97. The van der Waals surface area contributed by atoms with Gasteiger partial charge in [-0.05, 0) is 49.1 Å². The Morgan fingerprint density at radius 2 is 2.03 bits per heavy atom. The lowest BCUT2D eigenvalue weighted by molar-refractivity contribution is 0.450. The number of rotatable bonds is 8. The summed E-state index contributed by atoms with van der Waals surface area (Å²) in [6.45, 7) is 2.17. The SMILES string of the molecule is CC[C@@H]1CC(C=NS(=O)(=O)CCCc2ccccc2)C[C@@H]1c1nnc2cnc3[nH]ccc3n12. The van der Waals surface area contributed by atoms with Gasteiger partial charge in [0.25, 0.3) is 10.0 Å². The topological polar surface area (TPSA) is 105 Å². The quantitative estimate of drug-likeness (QED) is 0.394. The largest absolute Gasteiger partial charge is 0.345 e. The van der Waals surface area contributed by atoms with Gasteiger partial charge in [-0.15, -0.1) is 10.2 Å². The normalized spacial score (nSPS) is 21.5. The number of aromatic nitrogens is 5. The highest BCUT2D eigenvalue weighted by Crippen LogP contribution is 2.44. The molecule has 0 radical (unpaired) electrons. The third-order valence-electron chi connectivity index (χ3n) is 6.70. The fourth-order valence-corrected chi connectivity index (χ4v) is 6.00. The number of benzene rings is 1. The van der Waals surface area contributed by atoms with Crippen molar-refractivity contribution in [1.82, 2.24) is 24.6 Å². The molecule has 3 aromatic heterocycles. The molecule has 172 valence electrons. The minimum absolute atomic E-state index is 0.0685. The van der Waals surface area contributed by atoms with Crippen molar-refractivity contribution in [1.29, 1.82) is 0 Å². The van der Waals surface area contributed by atoms with E-state index in [4.69, 9.17) is 0 Å². The monoisotopic (exact) mass is 464 g/mol. The average molecular weight is 465 g/mol. The van der Waals surface area contributed by atoms with Crippen LogP contribution in [0.1, 0.15) is 49.9 Å². The van der Waals surface area contributed by atoms with Gasteiger partial charge < -0.3 is 4.98 Å². The minimum Gasteiger partial charge on any atom is -0.345 e. The second-order valence-corrected chi connectivity index (χ2v) is 10.6. The van der Waals surface area contributed by atoms with E-state index in [1.165, 1.54) is 0 Å². The number of aromatic amines is 1. The van der Waals surface area contributed by atoms with Crippen molar-refractivity contribution >= 4 is 33.0 Å². The molecule has 0 amide bonds. The van der Waals surface area contributed by atoms with Gasteiger partial charge in [-0.1, -0.05) is 43.7 Å². The Hall–Kier alpha value is -3.07. The standard InChI is InChI=1S/C24H28N6O2S/c1-2-19-13-18(15-27-33(31,32)12-6-9-17-7-4-3-5-8-17)14-20(19)24-29-28-22-16-26-23-21(30(22)24)10-11-25-23/h3-5,7-8,10-11,15-16,18-20,25H,2,6,9,12-14H2,1H3/t18?,19-,20+/m1/s1. The highest BCUT2D eigenvalue weighted by molar-refractivity contribution is 7.90. The third kappa shape index (κ3) is 4.55. The number of fused-ring (bicyclic) bond motifs is 3. The van der Waals surface area contributed by atoms with Gasteiger partial charge in [0.15, 0.2) is 11.3 Å². The molecule has 9 heteroatoms. The van der Waals surface area contributed by atoms with Crippen LogP contribution >= 0.6 is 0 Å². The number of hydrogen-bond donors (Lipinski definition) is 1. The number of nitrogens with one attached hydrogen (secondary N) is 1.